The van der Waals surface area contributed by atoms with Gasteiger partial charge in [-0.2, -0.15) is 0 Å². The molecule has 118 valence electrons. The Bertz CT molecular complexity index is 573. The second-order valence-electron chi connectivity index (χ2n) is 6.07. The molecule has 2 fully saturated rings. The average Bonchev–Trinajstić information content (AvgIpc) is 3.15. The predicted octanol–water partition coefficient (Wildman–Crippen LogP) is 1.37. The maximum absolute atomic E-state index is 12.4. The first-order valence-electron chi connectivity index (χ1n) is 7.56. The van der Waals surface area contributed by atoms with Gasteiger partial charge in [0.15, 0.2) is 0 Å². The zero-order valence-electron chi connectivity index (χ0n) is 12.3. The third-order valence-electron chi connectivity index (χ3n) is 4.08. The maximum Gasteiger partial charge on any atom is 0.250 e. The number of nitrogens with one attached hydrogen (secondary N) is 2. The van der Waals surface area contributed by atoms with Crippen molar-refractivity contribution in [2.45, 2.75) is 48.5 Å². The molecular weight excluding hydrogens is 306 g/mol. The second-order valence-corrected chi connectivity index (χ2v) is 9.18. The van der Waals surface area contributed by atoms with Crippen molar-refractivity contribution in [3.05, 3.63) is 17.0 Å². The van der Waals surface area contributed by atoms with E-state index in [-0.39, 0.29) is 6.04 Å². The van der Waals surface area contributed by atoms with Crippen LogP contribution in [0.2, 0.25) is 0 Å². The first-order valence-corrected chi connectivity index (χ1v) is 9.86. The summed E-state index contributed by atoms with van der Waals surface area (Å²) in [5.74, 6) is 0. The van der Waals surface area contributed by atoms with Gasteiger partial charge in [0.2, 0.25) is 10.0 Å². The SMILES string of the molecule is CN1CCC(NS(=O)(=O)c2ccc(CNC3CC3)s2)CC1. The van der Waals surface area contributed by atoms with Gasteiger partial charge in [0.25, 0.3) is 0 Å². The minimum Gasteiger partial charge on any atom is -0.309 e. The van der Waals surface area contributed by atoms with E-state index < -0.39 is 10.0 Å². The van der Waals surface area contributed by atoms with E-state index in [1.54, 1.807) is 6.07 Å². The van der Waals surface area contributed by atoms with Gasteiger partial charge in [0.05, 0.1) is 0 Å². The van der Waals surface area contributed by atoms with E-state index in [2.05, 4.69) is 22.0 Å². The average molecular weight is 329 g/mol. The Morgan fingerprint density at radius 3 is 2.57 bits per heavy atom. The molecular formula is C14H23N3O2S2. The number of sulfonamides is 1. The molecule has 2 N–H and O–H groups in total. The molecule has 1 aromatic rings. The van der Waals surface area contributed by atoms with Crippen molar-refractivity contribution < 1.29 is 8.42 Å². The highest BCUT2D eigenvalue weighted by molar-refractivity contribution is 7.91. The highest BCUT2D eigenvalue weighted by Crippen LogP contribution is 2.25. The number of nitrogens with zero attached hydrogens (tertiary/aromatic N) is 1. The third-order valence-corrected chi connectivity index (χ3v) is 7.18. The number of hydrogen-bond acceptors (Lipinski definition) is 5. The fourth-order valence-electron chi connectivity index (χ4n) is 2.53. The van der Waals surface area contributed by atoms with Gasteiger partial charge >= 0.3 is 0 Å². The van der Waals surface area contributed by atoms with Crippen molar-refractivity contribution in [2.75, 3.05) is 20.1 Å². The van der Waals surface area contributed by atoms with Gasteiger partial charge in [-0.1, -0.05) is 0 Å². The largest absolute Gasteiger partial charge is 0.309 e. The lowest BCUT2D eigenvalue weighted by Crippen LogP contribution is -2.43. The second kappa shape index (κ2) is 6.34. The zero-order chi connectivity index (χ0) is 14.9. The first kappa shape index (κ1) is 15.4. The molecule has 0 aromatic carbocycles. The van der Waals surface area contributed by atoms with Crippen molar-refractivity contribution >= 4 is 21.4 Å². The Morgan fingerprint density at radius 2 is 1.90 bits per heavy atom. The van der Waals surface area contributed by atoms with Gasteiger partial charge in [-0.3, -0.25) is 0 Å². The summed E-state index contributed by atoms with van der Waals surface area (Å²) in [5, 5.41) is 3.41. The van der Waals surface area contributed by atoms with E-state index in [0.29, 0.717) is 10.3 Å². The zero-order valence-corrected chi connectivity index (χ0v) is 14.0. The minimum absolute atomic E-state index is 0.0707. The summed E-state index contributed by atoms with van der Waals surface area (Å²) in [4.78, 5) is 3.32. The summed E-state index contributed by atoms with van der Waals surface area (Å²) >= 11 is 1.38. The van der Waals surface area contributed by atoms with Crippen LogP contribution in [0.1, 0.15) is 30.6 Å². The Morgan fingerprint density at radius 1 is 1.19 bits per heavy atom. The molecule has 21 heavy (non-hydrogen) atoms. The molecule has 0 radical (unpaired) electrons. The molecule has 0 atom stereocenters. The standard InChI is InChI=1S/C14H23N3O2S2/c1-17-8-6-12(7-9-17)16-21(18,19)14-5-4-13(20-14)10-15-11-2-3-11/h4-5,11-12,15-16H,2-3,6-10H2,1H3. The maximum atomic E-state index is 12.4. The van der Waals surface area contributed by atoms with Crippen LogP contribution in [0.5, 0.6) is 0 Å². The van der Waals surface area contributed by atoms with E-state index >= 15 is 0 Å². The Hall–Kier alpha value is -0.470. The topological polar surface area (TPSA) is 61.4 Å². The summed E-state index contributed by atoms with van der Waals surface area (Å²) in [6.07, 6.45) is 4.26. The quantitative estimate of drug-likeness (QED) is 0.828. The smallest absolute Gasteiger partial charge is 0.250 e. The van der Waals surface area contributed by atoms with Crippen LogP contribution in [0, 0.1) is 0 Å². The lowest BCUT2D eigenvalue weighted by Gasteiger charge is -2.29. The van der Waals surface area contributed by atoms with Crippen molar-refractivity contribution in [1.29, 1.82) is 0 Å². The van der Waals surface area contributed by atoms with Crippen LogP contribution in [-0.2, 0) is 16.6 Å². The Kier molecular flexibility index (Phi) is 4.66. The lowest BCUT2D eigenvalue weighted by molar-refractivity contribution is 0.248. The van der Waals surface area contributed by atoms with E-state index in [0.717, 1.165) is 37.4 Å². The van der Waals surface area contributed by atoms with Crippen LogP contribution in [-0.4, -0.2) is 45.5 Å². The minimum atomic E-state index is -3.36. The molecule has 1 aliphatic carbocycles. The molecule has 0 bridgehead atoms. The van der Waals surface area contributed by atoms with E-state index in [9.17, 15) is 8.42 Å². The van der Waals surface area contributed by atoms with Gasteiger partial charge < -0.3 is 10.2 Å². The van der Waals surface area contributed by atoms with Gasteiger partial charge in [-0.25, -0.2) is 13.1 Å². The normalized spacial score (nSPS) is 21.8. The Balaban J connectivity index is 1.58. The summed E-state index contributed by atoms with van der Waals surface area (Å²) in [6, 6.07) is 4.36. The molecule has 1 saturated carbocycles. The van der Waals surface area contributed by atoms with Crippen molar-refractivity contribution in [1.82, 2.24) is 14.9 Å². The highest BCUT2D eigenvalue weighted by Gasteiger charge is 2.25. The van der Waals surface area contributed by atoms with Crippen molar-refractivity contribution in [3.63, 3.8) is 0 Å². The predicted molar refractivity (Wildman–Crippen MR) is 85.0 cm³/mol. The molecule has 0 unspecified atom stereocenters. The molecule has 1 aliphatic heterocycles. The molecule has 1 saturated heterocycles. The van der Waals surface area contributed by atoms with Crippen LogP contribution >= 0.6 is 11.3 Å². The van der Waals surface area contributed by atoms with Crippen LogP contribution in [0.4, 0.5) is 0 Å². The van der Waals surface area contributed by atoms with Crippen LogP contribution in [0.3, 0.4) is 0 Å². The number of likely N-dealkylation sites (tertiary alicyclic amines) is 1. The highest BCUT2D eigenvalue weighted by atomic mass is 32.2. The van der Waals surface area contributed by atoms with Gasteiger partial charge in [0.1, 0.15) is 4.21 Å². The van der Waals surface area contributed by atoms with Crippen LogP contribution in [0.15, 0.2) is 16.3 Å². The summed E-state index contributed by atoms with van der Waals surface area (Å²) in [7, 11) is -1.28. The van der Waals surface area contributed by atoms with Crippen LogP contribution < -0.4 is 10.0 Å². The lowest BCUT2D eigenvalue weighted by atomic mass is 10.1. The molecule has 0 amide bonds. The number of piperidine rings is 1. The summed E-state index contributed by atoms with van der Waals surface area (Å²) in [5.41, 5.74) is 0. The monoisotopic (exact) mass is 329 g/mol. The molecule has 2 aliphatic rings. The van der Waals surface area contributed by atoms with Gasteiger partial charge in [0, 0.05) is 23.5 Å². The fraction of sp³-hybridized carbons (Fsp3) is 0.714. The molecule has 3 rings (SSSR count). The van der Waals surface area contributed by atoms with Crippen LogP contribution in [0.25, 0.3) is 0 Å². The van der Waals surface area contributed by atoms with Gasteiger partial charge in [-0.15, -0.1) is 11.3 Å². The summed E-state index contributed by atoms with van der Waals surface area (Å²) in [6.45, 7) is 2.68. The van der Waals surface area contributed by atoms with E-state index in [1.165, 1.54) is 24.2 Å². The molecule has 2 heterocycles. The summed E-state index contributed by atoms with van der Waals surface area (Å²) < 4.78 is 28.1. The van der Waals surface area contributed by atoms with Gasteiger partial charge in [-0.05, 0) is 58.0 Å². The fourth-order valence-corrected chi connectivity index (χ4v) is 5.16. The molecule has 7 heteroatoms. The van der Waals surface area contributed by atoms with Crippen molar-refractivity contribution in [2.24, 2.45) is 0 Å². The molecule has 0 spiro atoms. The Labute approximate surface area is 130 Å². The number of rotatable bonds is 6. The molecule has 5 nitrogen and oxygen atoms in total. The number of thiophene rings is 1. The molecule has 1 aromatic heterocycles. The van der Waals surface area contributed by atoms with E-state index in [1.807, 2.05) is 6.07 Å². The van der Waals surface area contributed by atoms with E-state index in [4.69, 9.17) is 0 Å². The first-order chi connectivity index (χ1) is 10.0. The third kappa shape index (κ3) is 4.26. The van der Waals surface area contributed by atoms with Crippen molar-refractivity contribution in [3.8, 4) is 0 Å². The number of hydrogen-bond donors (Lipinski definition) is 2.